The summed E-state index contributed by atoms with van der Waals surface area (Å²) in [5.41, 5.74) is 2.96. The Morgan fingerprint density at radius 2 is 1.83 bits per heavy atom. The highest BCUT2D eigenvalue weighted by molar-refractivity contribution is 5.77. The SMILES string of the molecule is [C-]#[N+]c1ccc(C#N)cc1C=Cc1ccccc1. The Morgan fingerprint density at radius 1 is 1.06 bits per heavy atom. The van der Waals surface area contributed by atoms with Gasteiger partial charge < -0.3 is 0 Å². The van der Waals surface area contributed by atoms with Gasteiger partial charge in [0, 0.05) is 0 Å². The summed E-state index contributed by atoms with van der Waals surface area (Å²) in [4.78, 5) is 3.45. The van der Waals surface area contributed by atoms with Gasteiger partial charge in [0.2, 0.25) is 0 Å². The van der Waals surface area contributed by atoms with E-state index in [-0.39, 0.29) is 0 Å². The van der Waals surface area contributed by atoms with Crippen LogP contribution in [0, 0.1) is 17.9 Å². The van der Waals surface area contributed by atoms with Crippen LogP contribution in [0.3, 0.4) is 0 Å². The first-order chi connectivity index (χ1) is 8.83. The number of hydrogen-bond donors (Lipinski definition) is 0. The van der Waals surface area contributed by atoms with Crippen molar-refractivity contribution >= 4 is 17.8 Å². The monoisotopic (exact) mass is 230 g/mol. The molecule has 0 N–H and O–H groups in total. The van der Waals surface area contributed by atoms with Crippen molar-refractivity contribution in [3.05, 3.63) is 76.6 Å². The van der Waals surface area contributed by atoms with E-state index < -0.39 is 0 Å². The maximum absolute atomic E-state index is 8.86. The maximum Gasteiger partial charge on any atom is 0.194 e. The summed E-state index contributed by atoms with van der Waals surface area (Å²) in [6.45, 7) is 7.10. The highest BCUT2D eigenvalue weighted by Crippen LogP contribution is 2.22. The van der Waals surface area contributed by atoms with E-state index in [0.29, 0.717) is 11.3 Å². The third-order valence-corrected chi connectivity index (χ3v) is 2.53. The van der Waals surface area contributed by atoms with Gasteiger partial charge in [0.15, 0.2) is 5.69 Å². The predicted octanol–water partition coefficient (Wildman–Crippen LogP) is 4.28. The molecule has 2 rings (SSSR count). The highest BCUT2D eigenvalue weighted by atomic mass is 14.6. The molecule has 18 heavy (non-hydrogen) atoms. The summed E-state index contributed by atoms with van der Waals surface area (Å²) in [6.07, 6.45) is 3.80. The lowest BCUT2D eigenvalue weighted by Gasteiger charge is -1.98. The molecule has 0 amide bonds. The van der Waals surface area contributed by atoms with Crippen LogP contribution < -0.4 is 0 Å². The predicted molar refractivity (Wildman–Crippen MR) is 72.8 cm³/mol. The van der Waals surface area contributed by atoms with Crippen LogP contribution in [0.5, 0.6) is 0 Å². The summed E-state index contributed by atoms with van der Waals surface area (Å²) < 4.78 is 0. The van der Waals surface area contributed by atoms with E-state index in [1.54, 1.807) is 18.2 Å². The molecule has 2 aromatic carbocycles. The molecule has 0 saturated heterocycles. The minimum atomic E-state index is 0.557. The van der Waals surface area contributed by atoms with Crippen molar-refractivity contribution in [3.8, 4) is 6.07 Å². The molecular formula is C16H10N2. The standard InChI is InChI=1S/C16H10N2/c1-18-16-10-8-14(12-17)11-15(16)9-7-13-5-3-2-4-6-13/h2-11H. The van der Waals surface area contributed by atoms with Crippen molar-refractivity contribution in [2.45, 2.75) is 0 Å². The normalized spacial score (nSPS) is 9.89. The Balaban J connectivity index is 2.37. The minimum absolute atomic E-state index is 0.557. The van der Waals surface area contributed by atoms with Crippen LogP contribution in [0.25, 0.3) is 17.0 Å². The molecule has 0 saturated carbocycles. The van der Waals surface area contributed by atoms with Crippen LogP contribution in [0.1, 0.15) is 16.7 Å². The molecule has 0 atom stereocenters. The van der Waals surface area contributed by atoms with Crippen molar-refractivity contribution in [3.63, 3.8) is 0 Å². The smallest absolute Gasteiger partial charge is 0.194 e. The van der Waals surface area contributed by atoms with Gasteiger partial charge in [-0.25, -0.2) is 4.85 Å². The molecule has 2 heteroatoms. The van der Waals surface area contributed by atoms with Gasteiger partial charge in [0.05, 0.1) is 18.2 Å². The lowest BCUT2D eigenvalue weighted by Crippen LogP contribution is -1.78. The molecule has 2 nitrogen and oxygen atoms in total. The first-order valence-electron chi connectivity index (χ1n) is 5.48. The van der Waals surface area contributed by atoms with Crippen LogP contribution in [0.15, 0.2) is 48.5 Å². The van der Waals surface area contributed by atoms with Gasteiger partial charge in [-0.3, -0.25) is 0 Å². The number of rotatable bonds is 2. The Hall–Kier alpha value is -2.84. The fourth-order valence-electron chi connectivity index (χ4n) is 1.61. The van der Waals surface area contributed by atoms with Crippen molar-refractivity contribution in [2.75, 3.05) is 0 Å². The average Bonchev–Trinajstić information content (AvgIpc) is 2.45. The van der Waals surface area contributed by atoms with Crippen LogP contribution in [-0.2, 0) is 0 Å². The second kappa shape index (κ2) is 5.48. The molecule has 0 aliphatic carbocycles. The lowest BCUT2D eigenvalue weighted by atomic mass is 10.1. The molecule has 2 aromatic rings. The Kier molecular flexibility index (Phi) is 3.54. The fourth-order valence-corrected chi connectivity index (χ4v) is 1.61. The van der Waals surface area contributed by atoms with Crippen LogP contribution in [0.4, 0.5) is 5.69 Å². The van der Waals surface area contributed by atoms with E-state index in [4.69, 9.17) is 11.8 Å². The molecule has 0 spiro atoms. The molecule has 0 bridgehead atoms. The van der Waals surface area contributed by atoms with Gasteiger partial charge in [-0.15, -0.1) is 0 Å². The van der Waals surface area contributed by atoms with Crippen LogP contribution in [-0.4, -0.2) is 0 Å². The first kappa shape index (κ1) is 11.6. The van der Waals surface area contributed by atoms with E-state index in [1.807, 2.05) is 42.5 Å². The number of nitrogens with zero attached hydrogens (tertiary/aromatic N) is 2. The zero-order valence-corrected chi connectivity index (χ0v) is 9.67. The van der Waals surface area contributed by atoms with Crippen molar-refractivity contribution in [2.24, 2.45) is 0 Å². The van der Waals surface area contributed by atoms with Gasteiger partial charge in [-0.1, -0.05) is 54.6 Å². The molecule has 0 radical (unpaired) electrons. The summed E-state index contributed by atoms with van der Waals surface area (Å²) in [5, 5.41) is 8.86. The van der Waals surface area contributed by atoms with E-state index in [2.05, 4.69) is 10.9 Å². The van der Waals surface area contributed by atoms with Crippen molar-refractivity contribution < 1.29 is 0 Å². The van der Waals surface area contributed by atoms with E-state index in [9.17, 15) is 0 Å². The summed E-state index contributed by atoms with van der Waals surface area (Å²) >= 11 is 0. The van der Waals surface area contributed by atoms with Gasteiger partial charge >= 0.3 is 0 Å². The Bertz CT molecular complexity index is 656. The fraction of sp³-hybridized carbons (Fsp3) is 0. The molecular weight excluding hydrogens is 220 g/mol. The second-order valence-corrected chi connectivity index (χ2v) is 3.74. The van der Waals surface area contributed by atoms with Gasteiger partial charge in [0.25, 0.3) is 0 Å². The molecule has 0 aromatic heterocycles. The number of nitriles is 1. The van der Waals surface area contributed by atoms with Gasteiger partial charge in [-0.2, -0.15) is 5.26 Å². The first-order valence-corrected chi connectivity index (χ1v) is 5.48. The van der Waals surface area contributed by atoms with Crippen LogP contribution in [0.2, 0.25) is 0 Å². The molecule has 0 aliphatic heterocycles. The molecule has 0 fully saturated rings. The van der Waals surface area contributed by atoms with E-state index in [0.717, 1.165) is 11.1 Å². The average molecular weight is 230 g/mol. The maximum atomic E-state index is 8.86. The second-order valence-electron chi connectivity index (χ2n) is 3.74. The largest absolute Gasteiger partial charge is 0.238 e. The van der Waals surface area contributed by atoms with Crippen molar-refractivity contribution in [1.82, 2.24) is 0 Å². The summed E-state index contributed by atoms with van der Waals surface area (Å²) in [7, 11) is 0. The summed E-state index contributed by atoms with van der Waals surface area (Å²) in [5.74, 6) is 0. The lowest BCUT2D eigenvalue weighted by molar-refractivity contribution is 1.48. The highest BCUT2D eigenvalue weighted by Gasteiger charge is 2.00. The zero-order valence-electron chi connectivity index (χ0n) is 9.67. The third kappa shape index (κ3) is 2.64. The van der Waals surface area contributed by atoms with E-state index >= 15 is 0 Å². The number of hydrogen-bond acceptors (Lipinski definition) is 1. The molecule has 0 heterocycles. The Labute approximate surface area is 106 Å². The molecule has 0 unspecified atom stereocenters. The van der Waals surface area contributed by atoms with Crippen molar-refractivity contribution in [1.29, 1.82) is 5.26 Å². The molecule has 0 aliphatic rings. The Morgan fingerprint density at radius 3 is 2.50 bits per heavy atom. The summed E-state index contributed by atoms with van der Waals surface area (Å²) in [6, 6.07) is 17.0. The minimum Gasteiger partial charge on any atom is -0.238 e. The van der Waals surface area contributed by atoms with E-state index in [1.165, 1.54) is 0 Å². The quantitative estimate of drug-likeness (QED) is 0.559. The molecule has 84 valence electrons. The van der Waals surface area contributed by atoms with Gasteiger partial charge in [-0.05, 0) is 17.2 Å². The van der Waals surface area contributed by atoms with Gasteiger partial charge in [0.1, 0.15) is 0 Å². The van der Waals surface area contributed by atoms with Crippen LogP contribution >= 0.6 is 0 Å². The zero-order chi connectivity index (χ0) is 12.8. The third-order valence-electron chi connectivity index (χ3n) is 2.53. The number of benzene rings is 2. The topological polar surface area (TPSA) is 28.1 Å².